The topological polar surface area (TPSA) is 79.9 Å². The van der Waals surface area contributed by atoms with Gasteiger partial charge in [0.25, 0.3) is 0 Å². The van der Waals surface area contributed by atoms with E-state index in [4.69, 9.17) is 9.47 Å². The summed E-state index contributed by atoms with van der Waals surface area (Å²) >= 11 is 0. The van der Waals surface area contributed by atoms with Crippen LogP contribution in [0.3, 0.4) is 0 Å². The van der Waals surface area contributed by atoms with Gasteiger partial charge in [0.1, 0.15) is 0 Å². The van der Waals surface area contributed by atoms with Crippen LogP contribution >= 0.6 is 0 Å². The molecule has 7 heteroatoms. The van der Waals surface area contributed by atoms with E-state index in [0.29, 0.717) is 18.0 Å². The third-order valence-corrected chi connectivity index (χ3v) is 3.89. The minimum Gasteiger partial charge on any atom is -0.493 e. The number of ether oxygens (including phenoxy) is 2. The number of amides is 3. The average Bonchev–Trinajstić information content (AvgIpc) is 2.58. The first-order valence-electron chi connectivity index (χ1n) is 8.39. The Morgan fingerprint density at radius 2 is 1.88 bits per heavy atom. The number of nitrogens with zero attached hydrogens (tertiary/aromatic N) is 1. The molecule has 0 saturated heterocycles. The van der Waals surface area contributed by atoms with Crippen molar-refractivity contribution < 1.29 is 19.1 Å². The van der Waals surface area contributed by atoms with Crippen LogP contribution in [0.2, 0.25) is 0 Å². The second kappa shape index (κ2) is 10.6. The molecule has 0 heterocycles. The number of carbonyl (C=O) groups excluding carboxylic acids is 2. The Balaban J connectivity index is 2.43. The SMILES string of the molecule is CC[C@H](C)NC(=O)NC(=O)CN(C)CCc1ccc(OC)c(OC)c1. The Morgan fingerprint density at radius 3 is 2.48 bits per heavy atom. The van der Waals surface area contributed by atoms with Crippen molar-refractivity contribution in [2.75, 3.05) is 34.4 Å². The number of hydrogen-bond acceptors (Lipinski definition) is 5. The molecule has 0 aromatic heterocycles. The number of nitrogens with one attached hydrogen (secondary N) is 2. The highest BCUT2D eigenvalue weighted by Gasteiger charge is 2.12. The highest BCUT2D eigenvalue weighted by Crippen LogP contribution is 2.27. The Morgan fingerprint density at radius 1 is 1.20 bits per heavy atom. The minimum absolute atomic E-state index is 0.0376. The second-order valence-corrected chi connectivity index (χ2v) is 6.01. The number of imide groups is 1. The molecule has 1 atom stereocenters. The van der Waals surface area contributed by atoms with Crippen molar-refractivity contribution in [2.24, 2.45) is 0 Å². The molecule has 0 aliphatic carbocycles. The molecule has 0 radical (unpaired) electrons. The summed E-state index contributed by atoms with van der Waals surface area (Å²) < 4.78 is 10.5. The molecule has 1 aromatic carbocycles. The van der Waals surface area contributed by atoms with Crippen molar-refractivity contribution in [3.8, 4) is 11.5 Å². The zero-order valence-electron chi connectivity index (χ0n) is 15.7. The fourth-order valence-corrected chi connectivity index (χ4v) is 2.21. The van der Waals surface area contributed by atoms with Crippen LogP contribution in [0.4, 0.5) is 4.79 Å². The Hall–Kier alpha value is -2.28. The molecule has 1 aromatic rings. The molecule has 25 heavy (non-hydrogen) atoms. The fourth-order valence-electron chi connectivity index (χ4n) is 2.21. The standard InChI is InChI=1S/C18H29N3O4/c1-6-13(2)19-18(23)20-17(22)12-21(3)10-9-14-7-8-15(24-4)16(11-14)25-5/h7-8,11,13H,6,9-10,12H2,1-5H3,(H2,19,20,22,23)/t13-/m0/s1. The summed E-state index contributed by atoms with van der Waals surface area (Å²) in [5, 5.41) is 5.04. The first-order chi connectivity index (χ1) is 11.9. The maximum absolute atomic E-state index is 11.9. The van der Waals surface area contributed by atoms with Crippen LogP contribution in [0.25, 0.3) is 0 Å². The molecular formula is C18H29N3O4. The van der Waals surface area contributed by atoms with Gasteiger partial charge in [-0.2, -0.15) is 0 Å². The third-order valence-electron chi connectivity index (χ3n) is 3.89. The molecule has 140 valence electrons. The van der Waals surface area contributed by atoms with Gasteiger partial charge in [-0.25, -0.2) is 4.79 Å². The van der Waals surface area contributed by atoms with Gasteiger partial charge in [0.2, 0.25) is 5.91 Å². The van der Waals surface area contributed by atoms with Gasteiger partial charge >= 0.3 is 6.03 Å². The van der Waals surface area contributed by atoms with E-state index < -0.39 is 6.03 Å². The predicted molar refractivity (Wildman–Crippen MR) is 97.2 cm³/mol. The molecule has 0 saturated carbocycles. The predicted octanol–water partition coefficient (Wildman–Crippen LogP) is 1.80. The van der Waals surface area contributed by atoms with Gasteiger partial charge in [-0.1, -0.05) is 13.0 Å². The summed E-state index contributed by atoms with van der Waals surface area (Å²) in [5.74, 6) is 1.05. The molecule has 0 aliphatic rings. The van der Waals surface area contributed by atoms with Crippen LogP contribution in [0.1, 0.15) is 25.8 Å². The molecular weight excluding hydrogens is 322 g/mol. The number of benzene rings is 1. The van der Waals surface area contributed by atoms with E-state index in [-0.39, 0.29) is 18.5 Å². The smallest absolute Gasteiger partial charge is 0.321 e. The van der Waals surface area contributed by atoms with Gasteiger partial charge in [-0.3, -0.25) is 15.0 Å². The summed E-state index contributed by atoms with van der Waals surface area (Å²) in [6.45, 7) is 4.69. The molecule has 3 amide bonds. The maximum atomic E-state index is 11.9. The van der Waals surface area contributed by atoms with Crippen molar-refractivity contribution in [2.45, 2.75) is 32.7 Å². The molecule has 7 nitrogen and oxygen atoms in total. The van der Waals surface area contributed by atoms with Gasteiger partial charge in [-0.05, 0) is 44.5 Å². The summed E-state index contributed by atoms with van der Waals surface area (Å²) in [5.41, 5.74) is 1.08. The number of urea groups is 1. The highest BCUT2D eigenvalue weighted by molar-refractivity contribution is 5.95. The lowest BCUT2D eigenvalue weighted by Gasteiger charge is -2.17. The van der Waals surface area contributed by atoms with Crippen molar-refractivity contribution >= 4 is 11.9 Å². The summed E-state index contributed by atoms with van der Waals surface area (Å²) in [6, 6.07) is 5.34. The van der Waals surface area contributed by atoms with E-state index in [1.165, 1.54) is 0 Å². The molecule has 0 unspecified atom stereocenters. The zero-order valence-corrected chi connectivity index (χ0v) is 15.7. The van der Waals surface area contributed by atoms with E-state index in [2.05, 4.69) is 10.6 Å². The van der Waals surface area contributed by atoms with Crippen LogP contribution in [0, 0.1) is 0 Å². The summed E-state index contributed by atoms with van der Waals surface area (Å²) in [6.07, 6.45) is 1.57. The van der Waals surface area contributed by atoms with E-state index in [9.17, 15) is 9.59 Å². The molecule has 0 bridgehead atoms. The number of hydrogen-bond donors (Lipinski definition) is 2. The van der Waals surface area contributed by atoms with E-state index in [0.717, 1.165) is 18.4 Å². The average molecular weight is 351 g/mol. The summed E-state index contributed by atoms with van der Waals surface area (Å²) in [4.78, 5) is 25.4. The number of methoxy groups -OCH3 is 2. The van der Waals surface area contributed by atoms with Crippen LogP contribution in [-0.4, -0.2) is 57.2 Å². The van der Waals surface area contributed by atoms with Gasteiger partial charge in [0.05, 0.1) is 20.8 Å². The normalized spacial score (nSPS) is 11.8. The van der Waals surface area contributed by atoms with E-state index in [1.54, 1.807) is 14.2 Å². The van der Waals surface area contributed by atoms with Crippen LogP contribution in [0.15, 0.2) is 18.2 Å². The fraction of sp³-hybridized carbons (Fsp3) is 0.556. The first-order valence-corrected chi connectivity index (χ1v) is 8.39. The monoisotopic (exact) mass is 351 g/mol. The van der Waals surface area contributed by atoms with Gasteiger partial charge < -0.3 is 14.8 Å². The Labute approximate surface area is 149 Å². The number of likely N-dealkylation sites (N-methyl/N-ethyl adjacent to an activating group) is 1. The molecule has 0 fully saturated rings. The Bertz CT molecular complexity index is 577. The maximum Gasteiger partial charge on any atom is 0.321 e. The lowest BCUT2D eigenvalue weighted by atomic mass is 10.1. The lowest BCUT2D eigenvalue weighted by molar-refractivity contribution is -0.120. The Kier molecular flexibility index (Phi) is 8.77. The van der Waals surface area contributed by atoms with Crippen molar-refractivity contribution in [3.63, 3.8) is 0 Å². The van der Waals surface area contributed by atoms with Crippen molar-refractivity contribution in [1.82, 2.24) is 15.5 Å². The quantitative estimate of drug-likeness (QED) is 0.709. The lowest BCUT2D eigenvalue weighted by Crippen LogP contribution is -2.46. The molecule has 0 aliphatic heterocycles. The van der Waals surface area contributed by atoms with Crippen LogP contribution in [0.5, 0.6) is 11.5 Å². The van der Waals surface area contributed by atoms with E-state index >= 15 is 0 Å². The largest absolute Gasteiger partial charge is 0.493 e. The highest BCUT2D eigenvalue weighted by atomic mass is 16.5. The van der Waals surface area contributed by atoms with Gasteiger partial charge in [0, 0.05) is 12.6 Å². The van der Waals surface area contributed by atoms with Crippen molar-refractivity contribution in [3.05, 3.63) is 23.8 Å². The number of rotatable bonds is 9. The molecule has 1 rings (SSSR count). The first kappa shape index (κ1) is 20.8. The third kappa shape index (κ3) is 7.43. The number of carbonyl (C=O) groups is 2. The van der Waals surface area contributed by atoms with Crippen LogP contribution in [-0.2, 0) is 11.2 Å². The van der Waals surface area contributed by atoms with Crippen LogP contribution < -0.4 is 20.1 Å². The summed E-state index contributed by atoms with van der Waals surface area (Å²) in [7, 11) is 5.04. The molecule has 0 spiro atoms. The molecule has 2 N–H and O–H groups in total. The van der Waals surface area contributed by atoms with Gasteiger partial charge in [0.15, 0.2) is 11.5 Å². The second-order valence-electron chi connectivity index (χ2n) is 6.01. The minimum atomic E-state index is -0.451. The van der Waals surface area contributed by atoms with Gasteiger partial charge in [-0.15, -0.1) is 0 Å². The van der Waals surface area contributed by atoms with Crippen molar-refractivity contribution in [1.29, 1.82) is 0 Å². The van der Waals surface area contributed by atoms with E-state index in [1.807, 2.05) is 44.0 Å². The zero-order chi connectivity index (χ0) is 18.8.